The topological polar surface area (TPSA) is 237 Å². The molecule has 0 aromatic heterocycles. The van der Waals surface area contributed by atoms with Crippen molar-refractivity contribution in [1.29, 1.82) is 0 Å². The third-order valence-corrected chi connectivity index (χ3v) is 20.5. The molecule has 0 aliphatic carbocycles. The van der Waals surface area contributed by atoms with Crippen LogP contribution in [0.15, 0.2) is 0 Å². The molecule has 0 aliphatic heterocycles. The van der Waals surface area contributed by atoms with Crippen LogP contribution in [0.1, 0.15) is 414 Å². The molecule has 3 N–H and O–H groups in total. The molecule has 0 amide bonds. The van der Waals surface area contributed by atoms with Gasteiger partial charge in [-0.2, -0.15) is 0 Å². The van der Waals surface area contributed by atoms with E-state index < -0.39 is 97.5 Å². The minimum atomic E-state index is -4.96. The van der Waals surface area contributed by atoms with E-state index in [0.717, 1.165) is 108 Å². The summed E-state index contributed by atoms with van der Waals surface area (Å²) in [6, 6.07) is 0. The van der Waals surface area contributed by atoms with Crippen LogP contribution in [0.4, 0.5) is 0 Å². The number of unbranched alkanes of at least 4 members (excludes halogenated alkanes) is 46. The number of hydrogen-bond acceptors (Lipinski definition) is 15. The summed E-state index contributed by atoms with van der Waals surface area (Å²) in [4.78, 5) is 72.9. The van der Waals surface area contributed by atoms with Crippen LogP contribution in [-0.2, 0) is 65.4 Å². The number of carbonyl (C=O) groups excluding carboxylic acids is 4. The number of hydrogen-bond donors (Lipinski definition) is 3. The van der Waals surface area contributed by atoms with Crippen LogP contribution in [0.25, 0.3) is 0 Å². The monoisotopic (exact) mass is 1450 g/mol. The molecule has 0 saturated carbocycles. The van der Waals surface area contributed by atoms with Gasteiger partial charge in [-0.15, -0.1) is 0 Å². The average molecular weight is 1450 g/mol. The Labute approximate surface area is 607 Å². The molecule has 0 radical (unpaired) electrons. The van der Waals surface area contributed by atoms with Gasteiger partial charge in [0, 0.05) is 25.7 Å². The lowest BCUT2D eigenvalue weighted by molar-refractivity contribution is -0.161. The Morgan fingerprint density at radius 3 is 0.687 bits per heavy atom. The molecule has 0 rings (SSSR count). The number of aliphatic hydroxyl groups excluding tert-OH is 1. The van der Waals surface area contributed by atoms with Crippen LogP contribution >= 0.6 is 15.6 Å². The van der Waals surface area contributed by atoms with E-state index >= 15 is 0 Å². The van der Waals surface area contributed by atoms with Gasteiger partial charge in [-0.3, -0.25) is 37.3 Å². The van der Waals surface area contributed by atoms with Crippen molar-refractivity contribution in [2.24, 2.45) is 17.8 Å². The Balaban J connectivity index is 5.21. The normalized spacial score (nSPS) is 14.0. The van der Waals surface area contributed by atoms with E-state index in [1.807, 2.05) is 0 Å². The van der Waals surface area contributed by atoms with Gasteiger partial charge in [-0.25, -0.2) is 9.13 Å². The maximum absolute atomic E-state index is 13.1. The van der Waals surface area contributed by atoms with E-state index in [1.165, 1.54) is 225 Å². The average Bonchev–Trinajstić information content (AvgIpc) is 0.954. The van der Waals surface area contributed by atoms with Gasteiger partial charge in [0.25, 0.3) is 0 Å². The second-order valence-electron chi connectivity index (χ2n) is 30.2. The Bertz CT molecular complexity index is 1920. The maximum Gasteiger partial charge on any atom is 0.472 e. The largest absolute Gasteiger partial charge is 0.472 e. The van der Waals surface area contributed by atoms with Crippen molar-refractivity contribution in [1.82, 2.24) is 0 Å². The number of phosphoric ester groups is 2. The molecule has 0 aromatic rings. The fraction of sp³-hybridized carbons (Fsp3) is 0.950. The Hall–Kier alpha value is -1.94. The number of esters is 4. The van der Waals surface area contributed by atoms with E-state index in [4.69, 9.17) is 37.0 Å². The Kier molecular flexibility index (Phi) is 69.0. The molecule has 0 spiro atoms. The molecule has 0 heterocycles. The van der Waals surface area contributed by atoms with E-state index in [0.29, 0.717) is 25.7 Å². The van der Waals surface area contributed by atoms with Crippen molar-refractivity contribution in [3.63, 3.8) is 0 Å². The second kappa shape index (κ2) is 70.4. The van der Waals surface area contributed by atoms with Gasteiger partial charge in [0.15, 0.2) is 12.2 Å². The molecule has 588 valence electrons. The zero-order chi connectivity index (χ0) is 73.0. The van der Waals surface area contributed by atoms with Crippen molar-refractivity contribution in [2.45, 2.75) is 433 Å². The van der Waals surface area contributed by atoms with Crippen molar-refractivity contribution < 1.29 is 80.2 Å². The summed E-state index contributed by atoms with van der Waals surface area (Å²) < 4.78 is 68.6. The minimum absolute atomic E-state index is 0.105. The predicted molar refractivity (Wildman–Crippen MR) is 405 cm³/mol. The quantitative estimate of drug-likeness (QED) is 0.0222. The highest BCUT2D eigenvalue weighted by Gasteiger charge is 2.30. The molecule has 99 heavy (non-hydrogen) atoms. The first-order valence-corrected chi connectivity index (χ1v) is 44.3. The summed E-state index contributed by atoms with van der Waals surface area (Å²) in [5, 5.41) is 10.6. The highest BCUT2D eigenvalue weighted by atomic mass is 31.2. The molecular weight excluding hydrogens is 1290 g/mol. The van der Waals surface area contributed by atoms with Crippen LogP contribution in [-0.4, -0.2) is 96.7 Å². The van der Waals surface area contributed by atoms with Gasteiger partial charge in [0.05, 0.1) is 26.4 Å². The van der Waals surface area contributed by atoms with Crippen molar-refractivity contribution >= 4 is 39.5 Å². The van der Waals surface area contributed by atoms with Crippen LogP contribution < -0.4 is 0 Å². The van der Waals surface area contributed by atoms with E-state index in [9.17, 15) is 43.2 Å². The van der Waals surface area contributed by atoms with Gasteiger partial charge in [0.2, 0.25) is 0 Å². The summed E-state index contributed by atoms with van der Waals surface area (Å²) in [5.41, 5.74) is 0. The highest BCUT2D eigenvalue weighted by Crippen LogP contribution is 2.45. The summed E-state index contributed by atoms with van der Waals surface area (Å²) in [7, 11) is -9.92. The number of phosphoric acid groups is 2. The van der Waals surface area contributed by atoms with E-state index in [2.05, 4.69) is 48.5 Å². The predicted octanol–water partition coefficient (Wildman–Crippen LogP) is 23.7. The lowest BCUT2D eigenvalue weighted by Gasteiger charge is -2.21. The first-order chi connectivity index (χ1) is 47.7. The fourth-order valence-corrected chi connectivity index (χ4v) is 13.9. The summed E-state index contributed by atoms with van der Waals surface area (Å²) in [5.74, 6) is 0.224. The van der Waals surface area contributed by atoms with Crippen molar-refractivity contribution in [3.8, 4) is 0 Å². The van der Waals surface area contributed by atoms with E-state index in [-0.39, 0.29) is 25.7 Å². The molecule has 0 bridgehead atoms. The van der Waals surface area contributed by atoms with Gasteiger partial charge < -0.3 is 33.8 Å². The zero-order valence-corrected chi connectivity index (χ0v) is 66.8. The van der Waals surface area contributed by atoms with Crippen LogP contribution in [0.2, 0.25) is 0 Å². The van der Waals surface area contributed by atoms with Gasteiger partial charge in [-0.1, -0.05) is 363 Å². The molecule has 0 saturated heterocycles. The van der Waals surface area contributed by atoms with Crippen molar-refractivity contribution in [3.05, 3.63) is 0 Å². The lowest BCUT2D eigenvalue weighted by Crippen LogP contribution is -2.30. The first-order valence-electron chi connectivity index (χ1n) is 41.3. The third-order valence-electron chi connectivity index (χ3n) is 18.6. The molecule has 0 aliphatic rings. The standard InChI is InChI=1S/C80H156O17P2/c1-8-9-10-11-12-13-32-40-47-54-61-77(82)90-68-76(97-80(85)64-57-50-43-36-35-39-46-53-60-73(6)7)70-95-99(88,89)93-66-74(81)65-92-98(86,87)94-69-75(67-91-78(83)62-55-48-41-33-28-24-21-20-23-27-31-38-45-52-59-72(4)5)96-79(84)63-56-49-42-34-29-25-19-17-15-14-16-18-22-26-30-37-44-51-58-71(2)3/h71-76,81H,8-70H2,1-7H3,(H,86,87)(H,88,89)/t74-,75-,76-/m1/s1. The van der Waals surface area contributed by atoms with Crippen LogP contribution in [0, 0.1) is 17.8 Å². The molecule has 5 atom stereocenters. The molecule has 19 heteroatoms. The minimum Gasteiger partial charge on any atom is -0.462 e. The zero-order valence-electron chi connectivity index (χ0n) is 65.0. The summed E-state index contributed by atoms with van der Waals surface area (Å²) >= 11 is 0. The highest BCUT2D eigenvalue weighted by molar-refractivity contribution is 7.47. The number of aliphatic hydroxyl groups is 1. The summed E-state index contributed by atoms with van der Waals surface area (Å²) in [6.07, 6.45) is 58.4. The first kappa shape index (κ1) is 97.1. The smallest absolute Gasteiger partial charge is 0.462 e. The molecule has 0 aromatic carbocycles. The maximum atomic E-state index is 13.1. The van der Waals surface area contributed by atoms with Gasteiger partial charge in [-0.05, 0) is 43.4 Å². The fourth-order valence-electron chi connectivity index (χ4n) is 12.3. The van der Waals surface area contributed by atoms with Gasteiger partial charge >= 0.3 is 39.5 Å². The number of carbonyl (C=O) groups is 4. The molecule has 2 unspecified atom stereocenters. The Morgan fingerprint density at radius 1 is 0.273 bits per heavy atom. The third kappa shape index (κ3) is 74.1. The number of rotatable bonds is 78. The lowest BCUT2D eigenvalue weighted by atomic mass is 10.0. The van der Waals surface area contributed by atoms with Crippen LogP contribution in [0.3, 0.4) is 0 Å². The molecule has 0 fully saturated rings. The molecule has 17 nitrogen and oxygen atoms in total. The number of ether oxygens (including phenoxy) is 4. The van der Waals surface area contributed by atoms with Crippen LogP contribution in [0.5, 0.6) is 0 Å². The summed E-state index contributed by atoms with van der Waals surface area (Å²) in [6.45, 7) is 11.9. The Morgan fingerprint density at radius 2 is 0.465 bits per heavy atom. The van der Waals surface area contributed by atoms with Gasteiger partial charge in [0.1, 0.15) is 19.3 Å². The SMILES string of the molecule is CCCCCCCCCCCCC(=O)OC[C@H](COP(=O)(O)OC[C@H](O)COP(=O)(O)OC[C@@H](COC(=O)CCCCCCCCCCCCCCCCC(C)C)OC(=O)CCCCCCCCCCCCCCCCCCCCC(C)C)OC(=O)CCCCCCCCCCC(C)C. The second-order valence-corrected chi connectivity index (χ2v) is 33.1. The van der Waals surface area contributed by atoms with E-state index in [1.54, 1.807) is 0 Å². The molecular formula is C80H156O17P2. The van der Waals surface area contributed by atoms with Crippen molar-refractivity contribution in [2.75, 3.05) is 39.6 Å².